The molecule has 0 aromatic rings. The number of carbonyl (C=O) groups excluding carboxylic acids is 3. The van der Waals surface area contributed by atoms with E-state index in [1.54, 1.807) is 0 Å². The van der Waals surface area contributed by atoms with Crippen LogP contribution in [0.3, 0.4) is 0 Å². The van der Waals surface area contributed by atoms with Gasteiger partial charge in [-0.15, -0.1) is 0 Å². The molecule has 0 aromatic carbocycles. The topological polar surface area (TPSA) is 155 Å². The molecule has 0 saturated carbocycles. The lowest BCUT2D eigenvalue weighted by atomic mass is 10.1. The molecule has 0 radical (unpaired) electrons. The van der Waals surface area contributed by atoms with Crippen molar-refractivity contribution in [2.24, 2.45) is 0 Å². The van der Waals surface area contributed by atoms with Crippen molar-refractivity contribution in [2.45, 2.75) is 238 Å². The minimum absolute atomic E-state index is 0.0493. The molecule has 11 nitrogen and oxygen atoms in total. The second kappa shape index (κ2) is 55.4. The highest BCUT2D eigenvalue weighted by Crippen LogP contribution is 2.43. The molecule has 3 unspecified atom stereocenters. The van der Waals surface area contributed by atoms with E-state index in [1.807, 2.05) is 18.2 Å². The van der Waals surface area contributed by atoms with Crippen LogP contribution in [-0.4, -0.2) is 66.5 Å². The van der Waals surface area contributed by atoms with Crippen LogP contribution in [0.4, 0.5) is 0 Å². The third-order valence-corrected chi connectivity index (χ3v) is 12.6. The summed E-state index contributed by atoms with van der Waals surface area (Å²) in [5.41, 5.74) is 0. The summed E-state index contributed by atoms with van der Waals surface area (Å²) in [6, 6.07) is 0. The molecule has 12 heteroatoms. The number of carbonyl (C=O) groups is 3. The Hall–Kier alpha value is -3.86. The van der Waals surface area contributed by atoms with E-state index in [-0.39, 0.29) is 25.9 Å². The van der Waals surface area contributed by atoms with Crippen LogP contribution in [0.2, 0.25) is 0 Å². The van der Waals surface area contributed by atoms with Crippen LogP contribution in [0, 0.1) is 0 Å². The zero-order valence-corrected chi connectivity index (χ0v) is 47.4. The fourth-order valence-corrected chi connectivity index (χ4v) is 8.07. The molecule has 422 valence electrons. The van der Waals surface area contributed by atoms with E-state index < -0.39 is 57.8 Å². The maximum atomic E-state index is 12.9. The number of phosphoric acid groups is 1. The van der Waals surface area contributed by atoms with Crippen molar-refractivity contribution in [2.75, 3.05) is 26.4 Å². The number of phosphoric ester groups is 1. The van der Waals surface area contributed by atoms with Crippen molar-refractivity contribution < 1.29 is 52.2 Å². The molecular weight excluding hydrogens is 952 g/mol. The van der Waals surface area contributed by atoms with E-state index in [4.69, 9.17) is 23.3 Å². The Morgan fingerprint density at radius 3 is 1.16 bits per heavy atom. The van der Waals surface area contributed by atoms with Crippen LogP contribution in [0.1, 0.15) is 226 Å². The van der Waals surface area contributed by atoms with E-state index in [1.165, 1.54) is 44.9 Å². The van der Waals surface area contributed by atoms with E-state index in [0.29, 0.717) is 19.3 Å². The molecule has 0 aliphatic rings. The first-order chi connectivity index (χ1) is 36.2. The molecule has 0 saturated heterocycles. The maximum absolute atomic E-state index is 12.9. The van der Waals surface area contributed by atoms with Crippen molar-refractivity contribution >= 4 is 25.7 Å². The van der Waals surface area contributed by atoms with Crippen LogP contribution in [-0.2, 0) is 42.2 Å². The maximum Gasteiger partial charge on any atom is 0.472 e. The Bertz CT molecular complexity index is 1660. The minimum Gasteiger partial charge on any atom is -0.462 e. The van der Waals surface area contributed by atoms with Gasteiger partial charge >= 0.3 is 25.7 Å². The highest BCUT2D eigenvalue weighted by atomic mass is 31.2. The Morgan fingerprint density at radius 1 is 0.392 bits per heavy atom. The van der Waals surface area contributed by atoms with Gasteiger partial charge in [0.2, 0.25) is 0 Å². The lowest BCUT2D eigenvalue weighted by Gasteiger charge is -2.21. The van der Waals surface area contributed by atoms with Crippen molar-refractivity contribution in [3.05, 3.63) is 109 Å². The third kappa shape index (κ3) is 53.0. The first-order valence-electron chi connectivity index (χ1n) is 28.8. The SMILES string of the molecule is CC/C=C\C/C=C\C/C=C\C/C=C\CCC(=O)OC(CO)COP(=O)(O)OCC(COC(=O)CCCCCCCC/C=C\C/C=C\C/C=C\CCCCC)OC(=O)CCCCCCC/C=C\C/C=C\CCCCC. The van der Waals surface area contributed by atoms with Gasteiger partial charge in [-0.2, -0.15) is 0 Å². The van der Waals surface area contributed by atoms with E-state index in [0.717, 1.165) is 122 Å². The van der Waals surface area contributed by atoms with Crippen LogP contribution < -0.4 is 0 Å². The summed E-state index contributed by atoms with van der Waals surface area (Å²) in [7, 11) is -4.78. The van der Waals surface area contributed by atoms with Crippen LogP contribution in [0.25, 0.3) is 0 Å². The Morgan fingerprint density at radius 2 is 0.730 bits per heavy atom. The van der Waals surface area contributed by atoms with Gasteiger partial charge in [-0.25, -0.2) is 4.57 Å². The summed E-state index contributed by atoms with van der Waals surface area (Å²) in [4.78, 5) is 48.5. The summed E-state index contributed by atoms with van der Waals surface area (Å²) in [5, 5.41) is 9.79. The largest absolute Gasteiger partial charge is 0.472 e. The van der Waals surface area contributed by atoms with Crippen molar-refractivity contribution in [1.82, 2.24) is 0 Å². The van der Waals surface area contributed by atoms with Crippen LogP contribution in [0.5, 0.6) is 0 Å². The Labute approximate surface area is 450 Å². The van der Waals surface area contributed by atoms with Crippen LogP contribution in [0.15, 0.2) is 109 Å². The average molecular weight is 1060 g/mol. The van der Waals surface area contributed by atoms with Gasteiger partial charge in [-0.05, 0) is 116 Å². The minimum atomic E-state index is -4.78. The summed E-state index contributed by atoms with van der Waals surface area (Å²) >= 11 is 0. The molecule has 0 aliphatic heterocycles. The number of hydrogen-bond donors (Lipinski definition) is 2. The lowest BCUT2D eigenvalue weighted by molar-refractivity contribution is -0.161. The van der Waals surface area contributed by atoms with E-state index in [9.17, 15) is 28.9 Å². The van der Waals surface area contributed by atoms with E-state index in [2.05, 4.69) is 112 Å². The molecule has 0 bridgehead atoms. The molecule has 0 heterocycles. The second-order valence-corrected chi connectivity index (χ2v) is 20.2. The molecule has 3 atom stereocenters. The smallest absolute Gasteiger partial charge is 0.462 e. The predicted molar refractivity (Wildman–Crippen MR) is 307 cm³/mol. The van der Waals surface area contributed by atoms with Crippen molar-refractivity contribution in [3.63, 3.8) is 0 Å². The fourth-order valence-electron chi connectivity index (χ4n) is 7.29. The summed E-state index contributed by atoms with van der Waals surface area (Å²) < 4.78 is 39.4. The van der Waals surface area contributed by atoms with Gasteiger partial charge < -0.3 is 24.2 Å². The number of aliphatic hydroxyl groups is 1. The zero-order chi connectivity index (χ0) is 54.1. The number of rotatable bonds is 52. The van der Waals surface area contributed by atoms with Crippen molar-refractivity contribution in [1.29, 1.82) is 0 Å². The molecule has 0 aromatic heterocycles. The Kier molecular flexibility index (Phi) is 52.5. The fraction of sp³-hybridized carbons (Fsp3) is 0.661. The predicted octanol–water partition coefficient (Wildman–Crippen LogP) is 17.0. The van der Waals surface area contributed by atoms with Gasteiger partial charge in [-0.3, -0.25) is 23.4 Å². The lowest BCUT2D eigenvalue weighted by Crippen LogP contribution is -2.30. The molecule has 2 N–H and O–H groups in total. The summed E-state index contributed by atoms with van der Waals surface area (Å²) in [6.07, 6.45) is 66.3. The molecule has 74 heavy (non-hydrogen) atoms. The van der Waals surface area contributed by atoms with Gasteiger partial charge in [0.05, 0.1) is 19.8 Å². The number of hydrogen-bond acceptors (Lipinski definition) is 10. The zero-order valence-electron chi connectivity index (χ0n) is 46.5. The number of aliphatic hydroxyl groups excluding tert-OH is 1. The van der Waals surface area contributed by atoms with Gasteiger partial charge in [-0.1, -0.05) is 201 Å². The van der Waals surface area contributed by atoms with Gasteiger partial charge in [0.25, 0.3) is 0 Å². The molecule has 0 fully saturated rings. The van der Waals surface area contributed by atoms with Crippen molar-refractivity contribution in [3.8, 4) is 0 Å². The number of allylic oxidation sites excluding steroid dienone is 18. The standard InChI is InChI=1S/C62H103O11P/c1-4-7-10-13-16-19-22-25-27-28-29-30-32-34-36-39-42-45-48-51-60(64)69-55-59(73-62(66)53-50-47-44-41-38-35-31-26-23-20-17-14-11-8-5-2)57-71-74(67,68)70-56-58(54-63)72-61(65)52-49-46-43-40-37-33-24-21-18-15-12-9-6-3/h9,12,16-21,25-27,29-31,33,37,43,46,58-59,63H,4-8,10-11,13-15,22-24,28,32,34-36,38-42,44-45,47-57H2,1-3H3,(H,67,68)/b12-9-,19-16-,20-17-,21-18-,27-25-,30-29-,31-26-,37-33-,46-43-. The average Bonchev–Trinajstić information content (AvgIpc) is 3.39. The van der Waals surface area contributed by atoms with Gasteiger partial charge in [0, 0.05) is 19.3 Å². The first kappa shape index (κ1) is 70.1. The highest BCUT2D eigenvalue weighted by Gasteiger charge is 2.28. The summed E-state index contributed by atoms with van der Waals surface area (Å²) in [6.45, 7) is 4.35. The quantitative estimate of drug-likeness (QED) is 0.0197. The number of esters is 3. The molecule has 0 spiro atoms. The highest BCUT2D eigenvalue weighted by molar-refractivity contribution is 7.47. The second-order valence-electron chi connectivity index (χ2n) is 18.7. The number of unbranched alkanes of at least 4 members (excludes halogenated alkanes) is 17. The molecule has 0 rings (SSSR count). The molecule has 0 aliphatic carbocycles. The Balaban J connectivity index is 4.83. The van der Waals surface area contributed by atoms with Gasteiger partial charge in [0.15, 0.2) is 6.10 Å². The van der Waals surface area contributed by atoms with Crippen LogP contribution >= 0.6 is 7.82 Å². The summed E-state index contributed by atoms with van der Waals surface area (Å²) in [5.74, 6) is -1.59. The van der Waals surface area contributed by atoms with Gasteiger partial charge in [0.1, 0.15) is 12.7 Å². The monoisotopic (exact) mass is 1050 g/mol. The first-order valence-corrected chi connectivity index (χ1v) is 30.3. The molecule has 0 amide bonds. The molecular formula is C62H103O11P. The normalized spacial score (nSPS) is 14.2. The number of ether oxygens (including phenoxy) is 3. The third-order valence-electron chi connectivity index (χ3n) is 11.7. The van der Waals surface area contributed by atoms with E-state index >= 15 is 0 Å².